The summed E-state index contributed by atoms with van der Waals surface area (Å²) in [5, 5.41) is 3.27. The molecule has 0 bridgehead atoms. The number of nitrogens with zero attached hydrogens (tertiary/aromatic N) is 2. The molecule has 7 heteroatoms. The fourth-order valence-electron chi connectivity index (χ4n) is 2.61. The molecule has 1 aliphatic rings. The molecule has 1 heterocycles. The maximum absolute atomic E-state index is 13.0. The second-order valence-corrected chi connectivity index (χ2v) is 5.93. The third-order valence-corrected chi connectivity index (χ3v) is 3.85. The predicted molar refractivity (Wildman–Crippen MR) is 109 cm³/mol. The van der Waals surface area contributed by atoms with E-state index in [-0.39, 0.29) is 35.9 Å². The smallest absolute Gasteiger partial charge is 0.194 e. The van der Waals surface area contributed by atoms with Crippen LogP contribution in [0, 0.1) is 5.82 Å². The molecule has 0 amide bonds. The summed E-state index contributed by atoms with van der Waals surface area (Å²) >= 11 is 0. The molecule has 1 fully saturated rings. The summed E-state index contributed by atoms with van der Waals surface area (Å²) in [6.45, 7) is 6.19. The summed E-state index contributed by atoms with van der Waals surface area (Å²) in [5.74, 6) is 0.605. The molecule has 0 aromatic heterocycles. The average molecular weight is 465 g/mol. The first-order valence-corrected chi connectivity index (χ1v) is 8.62. The van der Waals surface area contributed by atoms with Gasteiger partial charge in [-0.15, -0.1) is 24.0 Å². The van der Waals surface area contributed by atoms with E-state index in [1.54, 1.807) is 12.1 Å². The lowest BCUT2D eigenvalue weighted by atomic mass is 10.2. The zero-order valence-corrected chi connectivity index (χ0v) is 17.4. The lowest BCUT2D eigenvalue weighted by molar-refractivity contribution is 0.0199. The van der Waals surface area contributed by atoms with E-state index >= 15 is 0 Å². The van der Waals surface area contributed by atoms with Gasteiger partial charge in [-0.1, -0.05) is 12.1 Å². The second-order valence-electron chi connectivity index (χ2n) is 5.93. The Bertz CT molecular complexity index is 508. The first-order valence-electron chi connectivity index (χ1n) is 8.62. The van der Waals surface area contributed by atoms with Crippen molar-refractivity contribution in [3.63, 3.8) is 0 Å². The van der Waals surface area contributed by atoms with E-state index in [2.05, 4.69) is 10.3 Å². The van der Waals surface area contributed by atoms with Crippen LogP contribution >= 0.6 is 24.0 Å². The van der Waals surface area contributed by atoms with Crippen LogP contribution in [0.3, 0.4) is 0 Å². The SMILES string of the molecule is CCNC(=NCCOCC1CCCO1)N(C)Cc1ccc(F)cc1.I. The Morgan fingerprint density at radius 1 is 1.40 bits per heavy atom. The third kappa shape index (κ3) is 8.33. The van der Waals surface area contributed by atoms with Crippen molar-refractivity contribution in [2.75, 3.05) is 40.0 Å². The number of aliphatic imine (C=N–C) groups is 1. The molecular weight excluding hydrogens is 436 g/mol. The van der Waals surface area contributed by atoms with Crippen LogP contribution in [0.5, 0.6) is 0 Å². The zero-order valence-electron chi connectivity index (χ0n) is 15.0. The van der Waals surface area contributed by atoms with Gasteiger partial charge in [0.1, 0.15) is 5.82 Å². The summed E-state index contributed by atoms with van der Waals surface area (Å²) in [6, 6.07) is 6.54. The van der Waals surface area contributed by atoms with Crippen molar-refractivity contribution in [2.24, 2.45) is 4.99 Å². The van der Waals surface area contributed by atoms with Crippen LogP contribution in [0.1, 0.15) is 25.3 Å². The number of ether oxygens (including phenoxy) is 2. The van der Waals surface area contributed by atoms with Gasteiger partial charge in [-0.25, -0.2) is 4.39 Å². The molecule has 1 atom stereocenters. The van der Waals surface area contributed by atoms with Crippen LogP contribution < -0.4 is 5.32 Å². The van der Waals surface area contributed by atoms with Crippen LogP contribution in [0.25, 0.3) is 0 Å². The Kier molecular flexibility index (Phi) is 11.0. The summed E-state index contributed by atoms with van der Waals surface area (Å²) in [6.07, 6.45) is 2.47. The zero-order chi connectivity index (χ0) is 17.2. The summed E-state index contributed by atoms with van der Waals surface area (Å²) in [7, 11) is 1.97. The third-order valence-electron chi connectivity index (χ3n) is 3.85. The number of guanidine groups is 1. The average Bonchev–Trinajstić information content (AvgIpc) is 3.09. The van der Waals surface area contributed by atoms with Crippen molar-refractivity contribution < 1.29 is 13.9 Å². The maximum Gasteiger partial charge on any atom is 0.194 e. The molecule has 0 radical (unpaired) electrons. The largest absolute Gasteiger partial charge is 0.377 e. The van der Waals surface area contributed by atoms with Crippen molar-refractivity contribution in [3.05, 3.63) is 35.6 Å². The van der Waals surface area contributed by atoms with Gasteiger partial charge in [0, 0.05) is 26.7 Å². The van der Waals surface area contributed by atoms with E-state index in [1.807, 2.05) is 18.9 Å². The van der Waals surface area contributed by atoms with E-state index in [0.717, 1.165) is 37.5 Å². The van der Waals surface area contributed by atoms with E-state index < -0.39 is 0 Å². The highest BCUT2D eigenvalue weighted by atomic mass is 127. The minimum Gasteiger partial charge on any atom is -0.377 e. The lowest BCUT2D eigenvalue weighted by Gasteiger charge is -2.22. The molecule has 1 N–H and O–H groups in total. The molecule has 1 aliphatic heterocycles. The van der Waals surface area contributed by atoms with Crippen molar-refractivity contribution >= 4 is 29.9 Å². The summed E-state index contributed by atoms with van der Waals surface area (Å²) in [4.78, 5) is 6.61. The summed E-state index contributed by atoms with van der Waals surface area (Å²) in [5.41, 5.74) is 1.04. The number of rotatable bonds is 8. The van der Waals surface area contributed by atoms with Crippen molar-refractivity contribution in [3.8, 4) is 0 Å². The van der Waals surface area contributed by atoms with Gasteiger partial charge in [0.2, 0.25) is 0 Å². The predicted octanol–water partition coefficient (Wildman–Crippen LogP) is 3.04. The van der Waals surface area contributed by atoms with Gasteiger partial charge < -0.3 is 19.7 Å². The van der Waals surface area contributed by atoms with Crippen LogP contribution in [-0.4, -0.2) is 56.9 Å². The fraction of sp³-hybridized carbons (Fsp3) is 0.611. The van der Waals surface area contributed by atoms with Crippen molar-refractivity contribution in [1.82, 2.24) is 10.2 Å². The van der Waals surface area contributed by atoms with E-state index in [0.29, 0.717) is 26.3 Å². The van der Waals surface area contributed by atoms with Gasteiger partial charge >= 0.3 is 0 Å². The molecule has 142 valence electrons. The molecule has 1 aromatic rings. The highest BCUT2D eigenvalue weighted by molar-refractivity contribution is 14.0. The lowest BCUT2D eigenvalue weighted by Crippen LogP contribution is -2.38. The van der Waals surface area contributed by atoms with E-state index in [9.17, 15) is 4.39 Å². The van der Waals surface area contributed by atoms with Gasteiger partial charge in [0.25, 0.3) is 0 Å². The highest BCUT2D eigenvalue weighted by Gasteiger charge is 2.15. The van der Waals surface area contributed by atoms with Crippen LogP contribution in [0.15, 0.2) is 29.3 Å². The fourth-order valence-corrected chi connectivity index (χ4v) is 2.61. The summed E-state index contributed by atoms with van der Waals surface area (Å²) < 4.78 is 24.1. The topological polar surface area (TPSA) is 46.1 Å². The van der Waals surface area contributed by atoms with Gasteiger partial charge in [0.15, 0.2) is 5.96 Å². The molecule has 0 spiro atoms. The van der Waals surface area contributed by atoms with Crippen molar-refractivity contribution in [2.45, 2.75) is 32.4 Å². The van der Waals surface area contributed by atoms with Crippen LogP contribution in [-0.2, 0) is 16.0 Å². The Labute approximate surface area is 167 Å². The number of hydrogen-bond acceptors (Lipinski definition) is 3. The number of halogens is 2. The number of nitrogens with one attached hydrogen (secondary N) is 1. The minimum absolute atomic E-state index is 0. The van der Waals surface area contributed by atoms with E-state index in [4.69, 9.17) is 9.47 Å². The van der Waals surface area contributed by atoms with Crippen LogP contribution in [0.4, 0.5) is 4.39 Å². The second kappa shape index (κ2) is 12.4. The highest BCUT2D eigenvalue weighted by Crippen LogP contribution is 2.11. The maximum atomic E-state index is 13.0. The first kappa shape index (κ1) is 22.1. The minimum atomic E-state index is -0.217. The van der Waals surface area contributed by atoms with Gasteiger partial charge in [-0.05, 0) is 37.5 Å². The number of benzene rings is 1. The van der Waals surface area contributed by atoms with Gasteiger partial charge in [-0.3, -0.25) is 4.99 Å². The molecule has 5 nitrogen and oxygen atoms in total. The molecule has 1 unspecified atom stereocenters. The Morgan fingerprint density at radius 3 is 2.80 bits per heavy atom. The molecule has 0 aliphatic carbocycles. The van der Waals surface area contributed by atoms with Crippen molar-refractivity contribution in [1.29, 1.82) is 0 Å². The van der Waals surface area contributed by atoms with E-state index in [1.165, 1.54) is 12.1 Å². The molecule has 0 saturated carbocycles. The standard InChI is InChI=1S/C18H28FN3O2.HI/c1-3-20-18(21-10-12-23-14-17-5-4-11-24-17)22(2)13-15-6-8-16(19)9-7-15;/h6-9,17H,3-5,10-14H2,1-2H3,(H,20,21);1H. The normalized spacial score (nSPS) is 17.2. The molecule has 25 heavy (non-hydrogen) atoms. The Hall–Kier alpha value is -0.930. The molecule has 2 rings (SSSR count). The molecule has 1 aromatic carbocycles. The van der Waals surface area contributed by atoms with Gasteiger partial charge in [0.05, 0.1) is 25.9 Å². The molecule has 1 saturated heterocycles. The monoisotopic (exact) mass is 465 g/mol. The Balaban J connectivity index is 0.00000312. The Morgan fingerprint density at radius 2 is 2.16 bits per heavy atom. The quantitative estimate of drug-likeness (QED) is 0.278. The molecular formula is C18H29FIN3O2. The van der Waals surface area contributed by atoms with Gasteiger partial charge in [-0.2, -0.15) is 0 Å². The number of hydrogen-bond donors (Lipinski definition) is 1. The first-order chi connectivity index (χ1) is 11.7. The van der Waals surface area contributed by atoms with Crippen LogP contribution in [0.2, 0.25) is 0 Å².